The lowest BCUT2D eigenvalue weighted by Crippen LogP contribution is -2.31. The van der Waals surface area contributed by atoms with Crippen molar-refractivity contribution in [1.29, 1.82) is 0 Å². The lowest BCUT2D eigenvalue weighted by Gasteiger charge is -2.17. The molecular formula is C13H23N. The maximum atomic E-state index is 5.23. The fourth-order valence-electron chi connectivity index (χ4n) is 1.92. The Morgan fingerprint density at radius 1 is 1.43 bits per heavy atom. The molecular weight excluding hydrogens is 170 g/mol. The molecule has 1 nitrogen and oxygen atoms in total. The highest BCUT2D eigenvalue weighted by atomic mass is 14.9. The molecule has 0 amide bonds. The van der Waals surface area contributed by atoms with E-state index >= 15 is 0 Å². The van der Waals surface area contributed by atoms with Gasteiger partial charge in [-0.05, 0) is 44.6 Å². The molecule has 0 aromatic heterocycles. The van der Waals surface area contributed by atoms with Gasteiger partial charge < -0.3 is 5.32 Å². The Bertz CT molecular complexity index is 176. The van der Waals surface area contributed by atoms with Crippen LogP contribution >= 0.6 is 0 Å². The summed E-state index contributed by atoms with van der Waals surface area (Å²) in [5.41, 5.74) is 0. The van der Waals surface area contributed by atoms with Gasteiger partial charge in [0.2, 0.25) is 0 Å². The molecule has 1 aliphatic rings. The van der Waals surface area contributed by atoms with Gasteiger partial charge in [0.1, 0.15) is 0 Å². The molecule has 0 spiro atoms. The molecule has 1 aliphatic carbocycles. The van der Waals surface area contributed by atoms with Crippen LogP contribution in [0.15, 0.2) is 0 Å². The molecule has 0 heterocycles. The van der Waals surface area contributed by atoms with Crippen LogP contribution in [-0.2, 0) is 0 Å². The Labute approximate surface area is 88.7 Å². The van der Waals surface area contributed by atoms with Crippen molar-refractivity contribution in [2.45, 2.75) is 57.9 Å². The van der Waals surface area contributed by atoms with Crippen LogP contribution in [-0.4, -0.2) is 12.6 Å². The van der Waals surface area contributed by atoms with Crippen LogP contribution in [0.4, 0.5) is 0 Å². The van der Waals surface area contributed by atoms with E-state index < -0.39 is 0 Å². The fourth-order valence-corrected chi connectivity index (χ4v) is 1.92. The molecule has 0 aromatic rings. The minimum absolute atomic E-state index is 0.785. The molecule has 14 heavy (non-hydrogen) atoms. The van der Waals surface area contributed by atoms with Gasteiger partial charge in [-0.2, -0.15) is 0 Å². The van der Waals surface area contributed by atoms with Gasteiger partial charge in [-0.25, -0.2) is 0 Å². The molecule has 0 aromatic carbocycles. The maximum absolute atomic E-state index is 5.23. The van der Waals surface area contributed by atoms with Crippen LogP contribution in [0, 0.1) is 18.3 Å². The summed E-state index contributed by atoms with van der Waals surface area (Å²) in [4.78, 5) is 0. The highest BCUT2D eigenvalue weighted by Gasteiger charge is 2.29. The van der Waals surface area contributed by atoms with E-state index in [2.05, 4.69) is 18.2 Å². The van der Waals surface area contributed by atoms with Crippen molar-refractivity contribution in [2.75, 3.05) is 6.54 Å². The summed E-state index contributed by atoms with van der Waals surface area (Å²) in [5, 5.41) is 3.66. The molecule has 0 aliphatic heterocycles. The summed E-state index contributed by atoms with van der Waals surface area (Å²) in [7, 11) is 0. The Balaban J connectivity index is 2.06. The Morgan fingerprint density at radius 3 is 2.79 bits per heavy atom. The third-order valence-corrected chi connectivity index (χ3v) is 2.93. The highest BCUT2D eigenvalue weighted by Crippen LogP contribution is 2.34. The molecule has 1 saturated carbocycles. The molecule has 0 radical (unpaired) electrons. The summed E-state index contributed by atoms with van der Waals surface area (Å²) in [6.45, 7) is 3.41. The van der Waals surface area contributed by atoms with Gasteiger partial charge in [0.05, 0.1) is 0 Å². The molecule has 1 unspecified atom stereocenters. The lowest BCUT2D eigenvalue weighted by molar-refractivity contribution is 0.421. The normalized spacial score (nSPS) is 17.7. The van der Waals surface area contributed by atoms with E-state index in [-0.39, 0.29) is 0 Å². The zero-order chi connectivity index (χ0) is 10.2. The van der Waals surface area contributed by atoms with Crippen molar-refractivity contribution >= 4 is 0 Å². The molecule has 1 N–H and O–H groups in total. The topological polar surface area (TPSA) is 12.0 Å². The second kappa shape index (κ2) is 6.90. The minimum Gasteiger partial charge on any atom is -0.314 e. The summed E-state index contributed by atoms with van der Waals surface area (Å²) in [6, 6.07) is 0.785. The lowest BCUT2D eigenvalue weighted by atomic mass is 10.0. The van der Waals surface area contributed by atoms with E-state index in [1.165, 1.54) is 45.1 Å². The standard InChI is InChI=1S/C13H23N/c1-3-5-6-7-8-13(12-9-10-12)14-11-4-2/h1,12-14H,4-11H2,2H3. The van der Waals surface area contributed by atoms with Crippen LogP contribution in [0.5, 0.6) is 0 Å². The van der Waals surface area contributed by atoms with Crippen molar-refractivity contribution in [2.24, 2.45) is 5.92 Å². The molecule has 1 rings (SSSR count). The summed E-state index contributed by atoms with van der Waals surface area (Å²) in [6.07, 6.45) is 14.1. The van der Waals surface area contributed by atoms with Crippen LogP contribution < -0.4 is 5.32 Å². The number of hydrogen-bond acceptors (Lipinski definition) is 1. The molecule has 1 fully saturated rings. The monoisotopic (exact) mass is 193 g/mol. The smallest absolute Gasteiger partial charge is 0.00953 e. The van der Waals surface area contributed by atoms with Gasteiger partial charge in [-0.15, -0.1) is 12.3 Å². The largest absolute Gasteiger partial charge is 0.314 e. The van der Waals surface area contributed by atoms with Crippen LogP contribution in [0.25, 0.3) is 0 Å². The van der Waals surface area contributed by atoms with Gasteiger partial charge in [-0.1, -0.05) is 13.3 Å². The first-order chi connectivity index (χ1) is 6.88. The molecule has 80 valence electrons. The van der Waals surface area contributed by atoms with E-state index in [0.717, 1.165) is 18.4 Å². The third-order valence-electron chi connectivity index (χ3n) is 2.93. The Kier molecular flexibility index (Phi) is 5.71. The molecule has 0 bridgehead atoms. The molecule has 0 saturated heterocycles. The van der Waals surface area contributed by atoms with E-state index in [0.29, 0.717) is 0 Å². The van der Waals surface area contributed by atoms with Crippen molar-refractivity contribution in [3.05, 3.63) is 0 Å². The zero-order valence-electron chi connectivity index (χ0n) is 9.39. The van der Waals surface area contributed by atoms with Crippen molar-refractivity contribution in [1.82, 2.24) is 5.32 Å². The van der Waals surface area contributed by atoms with Crippen LogP contribution in [0.2, 0.25) is 0 Å². The number of hydrogen-bond donors (Lipinski definition) is 1. The maximum Gasteiger partial charge on any atom is 0.00953 e. The molecule has 1 atom stereocenters. The second-order valence-electron chi connectivity index (χ2n) is 4.35. The Morgan fingerprint density at radius 2 is 2.21 bits per heavy atom. The average Bonchev–Trinajstić information content (AvgIpc) is 3.00. The number of rotatable bonds is 8. The second-order valence-corrected chi connectivity index (χ2v) is 4.35. The first-order valence-electron chi connectivity index (χ1n) is 6.05. The Hall–Kier alpha value is -0.480. The van der Waals surface area contributed by atoms with E-state index in [9.17, 15) is 0 Å². The van der Waals surface area contributed by atoms with Gasteiger partial charge in [0.15, 0.2) is 0 Å². The van der Waals surface area contributed by atoms with E-state index in [1.807, 2.05) is 0 Å². The summed E-state index contributed by atoms with van der Waals surface area (Å²) in [5.74, 6) is 3.69. The number of unbranched alkanes of at least 4 members (excludes halogenated alkanes) is 2. The van der Waals surface area contributed by atoms with Gasteiger partial charge in [-0.3, -0.25) is 0 Å². The number of terminal acetylenes is 1. The van der Waals surface area contributed by atoms with E-state index in [4.69, 9.17) is 6.42 Å². The van der Waals surface area contributed by atoms with Crippen LogP contribution in [0.3, 0.4) is 0 Å². The minimum atomic E-state index is 0.785. The average molecular weight is 193 g/mol. The van der Waals surface area contributed by atoms with Gasteiger partial charge in [0.25, 0.3) is 0 Å². The van der Waals surface area contributed by atoms with Gasteiger partial charge >= 0.3 is 0 Å². The SMILES string of the molecule is C#CCCCCC(NCCC)C1CC1. The summed E-state index contributed by atoms with van der Waals surface area (Å²) < 4.78 is 0. The van der Waals surface area contributed by atoms with Crippen molar-refractivity contribution < 1.29 is 0 Å². The highest BCUT2D eigenvalue weighted by molar-refractivity contribution is 4.87. The predicted octanol–water partition coefficient (Wildman–Crippen LogP) is 2.96. The molecule has 1 heteroatoms. The van der Waals surface area contributed by atoms with Crippen LogP contribution in [0.1, 0.15) is 51.9 Å². The van der Waals surface area contributed by atoms with E-state index in [1.54, 1.807) is 0 Å². The fraction of sp³-hybridized carbons (Fsp3) is 0.846. The van der Waals surface area contributed by atoms with Crippen molar-refractivity contribution in [3.63, 3.8) is 0 Å². The summed E-state index contributed by atoms with van der Waals surface area (Å²) >= 11 is 0. The predicted molar refractivity (Wildman–Crippen MR) is 62.1 cm³/mol. The van der Waals surface area contributed by atoms with Crippen molar-refractivity contribution in [3.8, 4) is 12.3 Å². The first-order valence-corrected chi connectivity index (χ1v) is 6.05. The number of nitrogens with one attached hydrogen (secondary N) is 1. The third kappa shape index (κ3) is 4.67. The zero-order valence-corrected chi connectivity index (χ0v) is 9.39. The quantitative estimate of drug-likeness (QED) is 0.461. The van der Waals surface area contributed by atoms with Gasteiger partial charge in [0, 0.05) is 12.5 Å². The first kappa shape index (κ1) is 11.6.